The van der Waals surface area contributed by atoms with Crippen molar-refractivity contribution in [2.75, 3.05) is 7.11 Å². The Balaban J connectivity index is 2.17. The number of pyridine rings is 1. The van der Waals surface area contributed by atoms with Crippen LogP contribution in [0.2, 0.25) is 0 Å². The van der Waals surface area contributed by atoms with Gasteiger partial charge in [0.15, 0.2) is 0 Å². The van der Waals surface area contributed by atoms with E-state index in [2.05, 4.69) is 4.98 Å². The predicted octanol–water partition coefficient (Wildman–Crippen LogP) is 3.54. The summed E-state index contributed by atoms with van der Waals surface area (Å²) in [6, 6.07) is 9.39. The summed E-state index contributed by atoms with van der Waals surface area (Å²) in [5.41, 5.74) is 0.659. The first kappa shape index (κ1) is 11.9. The zero-order chi connectivity index (χ0) is 13.2. The molecule has 0 N–H and O–H groups in total. The van der Waals surface area contributed by atoms with Gasteiger partial charge in [-0.15, -0.1) is 11.3 Å². The molecule has 19 heavy (non-hydrogen) atoms. The normalized spacial score (nSPS) is 10.6. The van der Waals surface area contributed by atoms with E-state index in [1.807, 2.05) is 29.6 Å². The Morgan fingerprint density at radius 1 is 1.26 bits per heavy atom. The molecule has 2 heterocycles. The minimum atomic E-state index is -0.0227. The fraction of sp³-hybridized carbons (Fsp3) is 0.0667. The second-order valence-corrected chi connectivity index (χ2v) is 4.97. The first-order valence-electron chi connectivity index (χ1n) is 5.80. The van der Waals surface area contributed by atoms with Crippen LogP contribution in [0.15, 0.2) is 48.1 Å². The van der Waals surface area contributed by atoms with Crippen LogP contribution in [0.25, 0.3) is 10.8 Å². The highest BCUT2D eigenvalue weighted by atomic mass is 32.1. The molecule has 0 amide bonds. The van der Waals surface area contributed by atoms with Crippen LogP contribution in [0.1, 0.15) is 15.2 Å². The highest BCUT2D eigenvalue weighted by Crippen LogP contribution is 2.29. The molecule has 4 heteroatoms. The van der Waals surface area contributed by atoms with E-state index in [0.29, 0.717) is 16.2 Å². The molecular weight excluding hydrogens is 258 g/mol. The van der Waals surface area contributed by atoms with Gasteiger partial charge in [-0.3, -0.25) is 9.78 Å². The third kappa shape index (κ3) is 2.00. The Labute approximate surface area is 114 Å². The van der Waals surface area contributed by atoms with E-state index < -0.39 is 0 Å². The lowest BCUT2D eigenvalue weighted by Crippen LogP contribution is -2.01. The zero-order valence-electron chi connectivity index (χ0n) is 10.3. The molecule has 0 aliphatic heterocycles. The van der Waals surface area contributed by atoms with E-state index in [1.54, 1.807) is 25.6 Å². The monoisotopic (exact) mass is 269 g/mol. The highest BCUT2D eigenvalue weighted by molar-refractivity contribution is 7.12. The molecule has 0 radical (unpaired) electrons. The highest BCUT2D eigenvalue weighted by Gasteiger charge is 2.18. The summed E-state index contributed by atoms with van der Waals surface area (Å²) in [6.45, 7) is 0. The molecule has 94 valence electrons. The summed E-state index contributed by atoms with van der Waals surface area (Å²) < 4.78 is 5.21. The lowest BCUT2D eigenvalue weighted by molar-refractivity contribution is 0.104. The van der Waals surface area contributed by atoms with Gasteiger partial charge in [-0.25, -0.2) is 0 Å². The second-order valence-electron chi connectivity index (χ2n) is 4.05. The standard InChI is InChI=1S/C15H11NO2S/c1-18-13-6-8-19-15(13)14(17)11-4-2-3-10-5-7-16-9-12(10)11/h2-9H,1H3. The van der Waals surface area contributed by atoms with E-state index in [1.165, 1.54) is 11.3 Å². The molecule has 0 saturated carbocycles. The molecule has 0 aliphatic rings. The molecule has 0 fully saturated rings. The number of methoxy groups -OCH3 is 1. The van der Waals surface area contributed by atoms with E-state index in [4.69, 9.17) is 4.74 Å². The van der Waals surface area contributed by atoms with Gasteiger partial charge in [0.2, 0.25) is 5.78 Å². The maximum Gasteiger partial charge on any atom is 0.207 e. The van der Waals surface area contributed by atoms with Gasteiger partial charge in [0, 0.05) is 23.3 Å². The number of nitrogens with zero attached hydrogens (tertiary/aromatic N) is 1. The average molecular weight is 269 g/mol. The Morgan fingerprint density at radius 2 is 2.16 bits per heavy atom. The Hall–Kier alpha value is -2.20. The number of carbonyl (C=O) groups excluding carboxylic acids is 1. The van der Waals surface area contributed by atoms with Crippen LogP contribution in [0, 0.1) is 0 Å². The van der Waals surface area contributed by atoms with Crippen LogP contribution < -0.4 is 4.74 Å². The molecule has 0 atom stereocenters. The lowest BCUT2D eigenvalue weighted by atomic mass is 10.0. The molecule has 0 aliphatic carbocycles. The van der Waals surface area contributed by atoms with Crippen molar-refractivity contribution in [3.63, 3.8) is 0 Å². The van der Waals surface area contributed by atoms with Crippen molar-refractivity contribution in [2.45, 2.75) is 0 Å². The molecule has 2 aromatic heterocycles. The molecule has 3 nitrogen and oxygen atoms in total. The smallest absolute Gasteiger partial charge is 0.207 e. The van der Waals surface area contributed by atoms with Gasteiger partial charge in [-0.05, 0) is 22.9 Å². The molecule has 0 saturated heterocycles. The summed E-state index contributed by atoms with van der Waals surface area (Å²) in [5.74, 6) is 0.598. The number of ether oxygens (including phenoxy) is 1. The molecule has 1 aromatic carbocycles. The van der Waals surface area contributed by atoms with Gasteiger partial charge in [0.05, 0.1) is 7.11 Å². The van der Waals surface area contributed by atoms with E-state index in [9.17, 15) is 4.79 Å². The third-order valence-corrected chi connectivity index (χ3v) is 3.88. The zero-order valence-corrected chi connectivity index (χ0v) is 11.1. The van der Waals surface area contributed by atoms with Crippen LogP contribution in [-0.2, 0) is 0 Å². The summed E-state index contributed by atoms with van der Waals surface area (Å²) >= 11 is 1.39. The minimum absolute atomic E-state index is 0.0227. The quantitative estimate of drug-likeness (QED) is 0.683. The van der Waals surface area contributed by atoms with Crippen LogP contribution in [0.5, 0.6) is 5.75 Å². The van der Waals surface area contributed by atoms with Gasteiger partial charge in [0.25, 0.3) is 0 Å². The minimum Gasteiger partial charge on any atom is -0.495 e. The maximum absolute atomic E-state index is 12.6. The number of fused-ring (bicyclic) bond motifs is 1. The number of aromatic nitrogens is 1. The molecule has 0 unspecified atom stereocenters. The Morgan fingerprint density at radius 3 is 3.00 bits per heavy atom. The molecular formula is C15H11NO2S. The fourth-order valence-electron chi connectivity index (χ4n) is 2.06. The van der Waals surface area contributed by atoms with E-state index >= 15 is 0 Å². The first-order chi connectivity index (χ1) is 9.31. The number of hydrogen-bond donors (Lipinski definition) is 0. The van der Waals surface area contributed by atoms with Crippen LogP contribution in [0.3, 0.4) is 0 Å². The average Bonchev–Trinajstić information content (AvgIpc) is 2.94. The summed E-state index contributed by atoms with van der Waals surface area (Å²) in [6.07, 6.45) is 3.45. The number of ketones is 1. The molecule has 0 bridgehead atoms. The molecule has 3 rings (SSSR count). The van der Waals surface area contributed by atoms with Crippen molar-refractivity contribution in [1.29, 1.82) is 0 Å². The van der Waals surface area contributed by atoms with Crippen LogP contribution in [-0.4, -0.2) is 17.9 Å². The number of thiophene rings is 1. The molecule has 0 spiro atoms. The van der Waals surface area contributed by atoms with E-state index in [-0.39, 0.29) is 5.78 Å². The summed E-state index contributed by atoms with van der Waals surface area (Å²) in [5, 5.41) is 3.73. The van der Waals surface area contributed by atoms with E-state index in [0.717, 1.165) is 10.8 Å². The van der Waals surface area contributed by atoms with Crippen molar-refractivity contribution in [3.05, 3.63) is 58.5 Å². The first-order valence-corrected chi connectivity index (χ1v) is 6.68. The van der Waals surface area contributed by atoms with Crippen molar-refractivity contribution >= 4 is 27.9 Å². The summed E-state index contributed by atoms with van der Waals surface area (Å²) in [4.78, 5) is 17.3. The van der Waals surface area contributed by atoms with Crippen LogP contribution in [0.4, 0.5) is 0 Å². The SMILES string of the molecule is COc1ccsc1C(=O)c1cccc2ccncc12. The van der Waals surface area contributed by atoms with Crippen molar-refractivity contribution in [1.82, 2.24) is 4.98 Å². The van der Waals surface area contributed by atoms with Gasteiger partial charge in [-0.1, -0.05) is 18.2 Å². The third-order valence-electron chi connectivity index (χ3n) is 2.98. The largest absolute Gasteiger partial charge is 0.495 e. The van der Waals surface area contributed by atoms with Gasteiger partial charge in [-0.2, -0.15) is 0 Å². The van der Waals surface area contributed by atoms with Crippen molar-refractivity contribution in [3.8, 4) is 5.75 Å². The van der Waals surface area contributed by atoms with Crippen molar-refractivity contribution in [2.24, 2.45) is 0 Å². The fourth-order valence-corrected chi connectivity index (χ4v) is 2.87. The topological polar surface area (TPSA) is 39.2 Å². The number of carbonyl (C=O) groups is 1. The van der Waals surface area contributed by atoms with Gasteiger partial charge < -0.3 is 4.74 Å². The predicted molar refractivity (Wildman–Crippen MR) is 76.0 cm³/mol. The maximum atomic E-state index is 12.6. The molecule has 3 aromatic rings. The van der Waals surface area contributed by atoms with Crippen LogP contribution >= 0.6 is 11.3 Å². The van der Waals surface area contributed by atoms with Crippen molar-refractivity contribution < 1.29 is 9.53 Å². The number of hydrogen-bond acceptors (Lipinski definition) is 4. The number of benzene rings is 1. The lowest BCUT2D eigenvalue weighted by Gasteiger charge is -2.05. The summed E-state index contributed by atoms with van der Waals surface area (Å²) in [7, 11) is 1.57. The Bertz CT molecular complexity index is 743. The number of rotatable bonds is 3. The Kier molecular flexibility index (Phi) is 3.01. The van der Waals surface area contributed by atoms with Gasteiger partial charge >= 0.3 is 0 Å². The van der Waals surface area contributed by atoms with Gasteiger partial charge in [0.1, 0.15) is 10.6 Å². The second kappa shape index (κ2) is 4.82.